The first-order chi connectivity index (χ1) is 7.38. The molecule has 0 aliphatic heterocycles. The first kappa shape index (κ1) is 11.5. The van der Waals surface area contributed by atoms with Gasteiger partial charge in [-0.05, 0) is 31.6 Å². The normalized spacial score (nSPS) is 9.60. The van der Waals surface area contributed by atoms with Crippen molar-refractivity contribution >= 4 is 5.69 Å². The van der Waals surface area contributed by atoms with Crippen LogP contribution in [0, 0.1) is 11.3 Å². The fourth-order valence-corrected chi connectivity index (χ4v) is 1.35. The van der Waals surface area contributed by atoms with E-state index in [1.807, 2.05) is 24.3 Å². The van der Waals surface area contributed by atoms with Gasteiger partial charge in [0, 0.05) is 6.54 Å². The first-order valence-corrected chi connectivity index (χ1v) is 5.32. The largest absolute Gasteiger partial charge is 0.384 e. The van der Waals surface area contributed by atoms with Crippen LogP contribution in [0.5, 0.6) is 0 Å². The van der Waals surface area contributed by atoms with Gasteiger partial charge in [0.2, 0.25) is 0 Å². The highest BCUT2D eigenvalue weighted by Gasteiger charge is 1.98. The highest BCUT2D eigenvalue weighted by Crippen LogP contribution is 2.12. The minimum Gasteiger partial charge on any atom is -0.384 e. The van der Waals surface area contributed by atoms with Crippen molar-refractivity contribution in [2.45, 2.75) is 13.3 Å². The zero-order valence-electron chi connectivity index (χ0n) is 9.09. The molecule has 0 radical (unpaired) electrons. The van der Waals surface area contributed by atoms with Crippen molar-refractivity contribution in [3.8, 4) is 6.07 Å². The SMILES string of the molecule is CCNCCCNc1ccccc1C#N. The van der Waals surface area contributed by atoms with Gasteiger partial charge in [0.25, 0.3) is 0 Å². The van der Waals surface area contributed by atoms with Gasteiger partial charge in [-0.25, -0.2) is 0 Å². The smallest absolute Gasteiger partial charge is 0.101 e. The van der Waals surface area contributed by atoms with Gasteiger partial charge in [0.15, 0.2) is 0 Å². The summed E-state index contributed by atoms with van der Waals surface area (Å²) in [5.41, 5.74) is 1.64. The maximum Gasteiger partial charge on any atom is 0.101 e. The third-order valence-corrected chi connectivity index (χ3v) is 2.14. The van der Waals surface area contributed by atoms with Crippen molar-refractivity contribution in [1.29, 1.82) is 5.26 Å². The van der Waals surface area contributed by atoms with Gasteiger partial charge in [-0.3, -0.25) is 0 Å². The Morgan fingerprint density at radius 1 is 1.27 bits per heavy atom. The van der Waals surface area contributed by atoms with Gasteiger partial charge in [-0.15, -0.1) is 0 Å². The monoisotopic (exact) mass is 203 g/mol. The molecule has 80 valence electrons. The molecule has 0 amide bonds. The summed E-state index contributed by atoms with van der Waals surface area (Å²) < 4.78 is 0. The van der Waals surface area contributed by atoms with E-state index in [0.717, 1.165) is 31.7 Å². The summed E-state index contributed by atoms with van der Waals surface area (Å²) in [7, 11) is 0. The number of hydrogen-bond donors (Lipinski definition) is 2. The number of nitriles is 1. The van der Waals surface area contributed by atoms with Crippen molar-refractivity contribution in [1.82, 2.24) is 5.32 Å². The van der Waals surface area contributed by atoms with Crippen molar-refractivity contribution in [3.63, 3.8) is 0 Å². The Kier molecular flexibility index (Phi) is 5.28. The molecule has 1 aromatic rings. The molecule has 0 bridgehead atoms. The molecule has 0 heterocycles. The Morgan fingerprint density at radius 3 is 2.80 bits per heavy atom. The van der Waals surface area contributed by atoms with Crippen LogP contribution in [0.1, 0.15) is 18.9 Å². The van der Waals surface area contributed by atoms with E-state index in [2.05, 4.69) is 23.6 Å². The summed E-state index contributed by atoms with van der Waals surface area (Å²) in [6, 6.07) is 9.75. The van der Waals surface area contributed by atoms with Gasteiger partial charge in [-0.2, -0.15) is 5.26 Å². The molecule has 2 N–H and O–H groups in total. The van der Waals surface area contributed by atoms with Crippen LogP contribution in [0.4, 0.5) is 5.69 Å². The Morgan fingerprint density at radius 2 is 2.07 bits per heavy atom. The van der Waals surface area contributed by atoms with Crippen LogP contribution in [-0.2, 0) is 0 Å². The van der Waals surface area contributed by atoms with E-state index in [1.165, 1.54) is 0 Å². The molecular formula is C12H17N3. The molecule has 0 spiro atoms. The minimum atomic E-state index is 0.709. The summed E-state index contributed by atoms with van der Waals surface area (Å²) in [4.78, 5) is 0. The average molecular weight is 203 g/mol. The van der Waals surface area contributed by atoms with Crippen molar-refractivity contribution in [2.24, 2.45) is 0 Å². The van der Waals surface area contributed by atoms with E-state index < -0.39 is 0 Å². The quantitative estimate of drug-likeness (QED) is 0.695. The molecule has 0 aromatic heterocycles. The van der Waals surface area contributed by atoms with Crippen LogP contribution >= 0.6 is 0 Å². The highest BCUT2D eigenvalue weighted by atomic mass is 14.9. The topological polar surface area (TPSA) is 47.8 Å². The lowest BCUT2D eigenvalue weighted by molar-refractivity contribution is 0.688. The summed E-state index contributed by atoms with van der Waals surface area (Å²) in [5.74, 6) is 0. The second-order valence-corrected chi connectivity index (χ2v) is 3.29. The first-order valence-electron chi connectivity index (χ1n) is 5.32. The zero-order chi connectivity index (χ0) is 10.9. The second kappa shape index (κ2) is 6.86. The Hall–Kier alpha value is -1.53. The number of nitrogens with zero attached hydrogens (tertiary/aromatic N) is 1. The van der Waals surface area contributed by atoms with Crippen molar-refractivity contribution < 1.29 is 0 Å². The Labute approximate surface area is 91.1 Å². The molecule has 0 saturated carbocycles. The lowest BCUT2D eigenvalue weighted by Gasteiger charge is -2.07. The van der Waals surface area contributed by atoms with Crippen molar-refractivity contribution in [3.05, 3.63) is 29.8 Å². The molecule has 0 saturated heterocycles. The number of benzene rings is 1. The van der Waals surface area contributed by atoms with Crippen molar-refractivity contribution in [2.75, 3.05) is 25.0 Å². The number of hydrogen-bond acceptors (Lipinski definition) is 3. The molecule has 3 nitrogen and oxygen atoms in total. The standard InChI is InChI=1S/C12H17N3/c1-2-14-8-5-9-15-12-7-4-3-6-11(12)10-13/h3-4,6-7,14-15H,2,5,8-9H2,1H3. The maximum absolute atomic E-state index is 8.86. The fourth-order valence-electron chi connectivity index (χ4n) is 1.35. The van der Waals surface area contributed by atoms with E-state index in [-0.39, 0.29) is 0 Å². The van der Waals surface area contributed by atoms with E-state index >= 15 is 0 Å². The molecule has 0 unspecified atom stereocenters. The predicted molar refractivity (Wildman–Crippen MR) is 62.8 cm³/mol. The second-order valence-electron chi connectivity index (χ2n) is 3.29. The summed E-state index contributed by atoms with van der Waals surface area (Å²) in [6.07, 6.45) is 1.06. The van der Waals surface area contributed by atoms with Crippen LogP contribution in [0.15, 0.2) is 24.3 Å². The molecular weight excluding hydrogens is 186 g/mol. The van der Waals surface area contributed by atoms with E-state index in [9.17, 15) is 0 Å². The van der Waals surface area contributed by atoms with Crippen LogP contribution in [0.3, 0.4) is 0 Å². The van der Waals surface area contributed by atoms with Gasteiger partial charge < -0.3 is 10.6 Å². The predicted octanol–water partition coefficient (Wildman–Crippen LogP) is 1.97. The highest BCUT2D eigenvalue weighted by molar-refractivity contribution is 5.56. The average Bonchev–Trinajstić information content (AvgIpc) is 2.29. The lowest BCUT2D eigenvalue weighted by atomic mass is 10.2. The van der Waals surface area contributed by atoms with E-state index in [0.29, 0.717) is 5.56 Å². The number of anilines is 1. The third-order valence-electron chi connectivity index (χ3n) is 2.14. The molecule has 0 aliphatic carbocycles. The van der Waals surface area contributed by atoms with Gasteiger partial charge in [-0.1, -0.05) is 19.1 Å². The van der Waals surface area contributed by atoms with Gasteiger partial charge >= 0.3 is 0 Å². The third kappa shape index (κ3) is 4.01. The van der Waals surface area contributed by atoms with Crippen LogP contribution < -0.4 is 10.6 Å². The van der Waals surface area contributed by atoms with E-state index in [1.54, 1.807) is 0 Å². The lowest BCUT2D eigenvalue weighted by Crippen LogP contribution is -2.17. The molecule has 0 aliphatic rings. The van der Waals surface area contributed by atoms with Crippen LogP contribution in [0.25, 0.3) is 0 Å². The molecule has 0 atom stereocenters. The number of para-hydroxylation sites is 1. The fraction of sp³-hybridized carbons (Fsp3) is 0.417. The van der Waals surface area contributed by atoms with Crippen LogP contribution in [-0.4, -0.2) is 19.6 Å². The number of nitrogens with one attached hydrogen (secondary N) is 2. The number of rotatable bonds is 6. The molecule has 15 heavy (non-hydrogen) atoms. The zero-order valence-corrected chi connectivity index (χ0v) is 9.09. The maximum atomic E-state index is 8.86. The molecule has 1 aromatic carbocycles. The molecule has 0 fully saturated rings. The minimum absolute atomic E-state index is 0.709. The summed E-state index contributed by atoms with van der Waals surface area (Å²) in [5, 5.41) is 15.4. The molecule has 1 rings (SSSR count). The Balaban J connectivity index is 2.34. The molecule has 3 heteroatoms. The van der Waals surface area contributed by atoms with Crippen LogP contribution in [0.2, 0.25) is 0 Å². The summed E-state index contributed by atoms with van der Waals surface area (Å²) >= 11 is 0. The van der Waals surface area contributed by atoms with Gasteiger partial charge in [0.05, 0.1) is 11.3 Å². The Bertz CT molecular complexity index is 328. The van der Waals surface area contributed by atoms with Gasteiger partial charge in [0.1, 0.15) is 6.07 Å². The summed E-state index contributed by atoms with van der Waals surface area (Å²) in [6.45, 7) is 5.01. The van der Waals surface area contributed by atoms with E-state index in [4.69, 9.17) is 5.26 Å².